The van der Waals surface area contributed by atoms with E-state index in [-0.39, 0.29) is 0 Å². The molecule has 2 aromatic rings. The van der Waals surface area contributed by atoms with Gasteiger partial charge in [0.2, 0.25) is 0 Å². The smallest absolute Gasteiger partial charge is 0.181 e. The van der Waals surface area contributed by atoms with E-state index in [0.29, 0.717) is 0 Å². The molecule has 0 N–H and O–H groups in total. The highest BCUT2D eigenvalue weighted by atomic mass is 15.1. The molecular weight excluding hydrogens is 246 g/mol. The van der Waals surface area contributed by atoms with Crippen molar-refractivity contribution in [2.75, 3.05) is 11.4 Å². The molecule has 3 heteroatoms. The van der Waals surface area contributed by atoms with Crippen molar-refractivity contribution in [3.05, 3.63) is 66.2 Å². The quantitative estimate of drug-likeness (QED) is 0.844. The highest BCUT2D eigenvalue weighted by Crippen LogP contribution is 2.15. The minimum Gasteiger partial charge on any atom is -0.367 e. The van der Waals surface area contributed by atoms with Gasteiger partial charge in [-0.3, -0.25) is 0 Å². The molecule has 2 rings (SSSR count). The Balaban J connectivity index is 0.000000444. The minimum absolute atomic E-state index is 0.974. The van der Waals surface area contributed by atoms with Crippen LogP contribution in [0.1, 0.15) is 12.5 Å². The fourth-order valence-electron chi connectivity index (χ4n) is 1.83. The maximum Gasteiger partial charge on any atom is 0.181 e. The Morgan fingerprint density at radius 1 is 0.850 bits per heavy atom. The zero-order chi connectivity index (χ0) is 14.6. The lowest BCUT2D eigenvalue weighted by Crippen LogP contribution is -2.21. The number of rotatable bonds is 4. The van der Waals surface area contributed by atoms with E-state index in [2.05, 4.69) is 72.5 Å². The Kier molecular flexibility index (Phi) is 7.02. The van der Waals surface area contributed by atoms with Crippen molar-refractivity contribution in [2.45, 2.75) is 13.5 Å². The first-order valence-electron chi connectivity index (χ1n) is 6.44. The fourth-order valence-corrected chi connectivity index (χ4v) is 1.83. The monoisotopic (exact) mass is 263 g/mol. The SMILES string of the molecule is CCN(Cc1ccccc1)c1ccccc1.N#CC#N. The largest absolute Gasteiger partial charge is 0.367 e. The van der Waals surface area contributed by atoms with Crippen LogP contribution in [0.15, 0.2) is 60.7 Å². The van der Waals surface area contributed by atoms with Gasteiger partial charge in [-0.25, -0.2) is 0 Å². The van der Waals surface area contributed by atoms with Gasteiger partial charge in [0.25, 0.3) is 0 Å². The molecule has 0 spiro atoms. The molecule has 3 nitrogen and oxygen atoms in total. The van der Waals surface area contributed by atoms with Gasteiger partial charge in [-0.2, -0.15) is 10.5 Å². The van der Waals surface area contributed by atoms with Crippen molar-refractivity contribution in [3.8, 4) is 12.1 Å². The summed E-state index contributed by atoms with van der Waals surface area (Å²) in [5.74, 6) is 0. The number of hydrogen-bond acceptors (Lipinski definition) is 3. The summed E-state index contributed by atoms with van der Waals surface area (Å²) in [6.07, 6.45) is 0. The Hall–Kier alpha value is -2.78. The van der Waals surface area contributed by atoms with E-state index in [1.165, 1.54) is 23.4 Å². The molecule has 0 unspecified atom stereocenters. The van der Waals surface area contributed by atoms with Gasteiger partial charge in [0.05, 0.1) is 0 Å². The average Bonchev–Trinajstić information content (AvgIpc) is 2.54. The predicted molar refractivity (Wildman–Crippen MR) is 80.8 cm³/mol. The summed E-state index contributed by atoms with van der Waals surface area (Å²) >= 11 is 0. The fraction of sp³-hybridized carbons (Fsp3) is 0.176. The summed E-state index contributed by atoms with van der Waals surface area (Å²) in [6.45, 7) is 4.19. The van der Waals surface area contributed by atoms with Crippen LogP contribution in [0.25, 0.3) is 0 Å². The van der Waals surface area contributed by atoms with Crippen LogP contribution in [-0.2, 0) is 6.54 Å². The van der Waals surface area contributed by atoms with Crippen LogP contribution in [0, 0.1) is 22.7 Å². The van der Waals surface area contributed by atoms with Gasteiger partial charge in [0.1, 0.15) is 0 Å². The zero-order valence-electron chi connectivity index (χ0n) is 11.5. The molecule has 0 amide bonds. The summed E-state index contributed by atoms with van der Waals surface area (Å²) in [7, 11) is 0. The van der Waals surface area contributed by atoms with Crippen molar-refractivity contribution in [3.63, 3.8) is 0 Å². The molecular formula is C17H17N3. The van der Waals surface area contributed by atoms with Crippen molar-refractivity contribution in [1.29, 1.82) is 10.5 Å². The standard InChI is InChI=1S/C15H17N.C2N2/c1-2-16(15-11-7-4-8-12-15)13-14-9-5-3-6-10-14;3-1-2-4/h3-12H,2,13H2,1H3;. The number of benzene rings is 2. The summed E-state index contributed by atoms with van der Waals surface area (Å²) < 4.78 is 0. The highest BCUT2D eigenvalue weighted by molar-refractivity contribution is 5.46. The molecule has 0 saturated heterocycles. The van der Waals surface area contributed by atoms with Crippen molar-refractivity contribution < 1.29 is 0 Å². The molecule has 0 saturated carbocycles. The highest BCUT2D eigenvalue weighted by Gasteiger charge is 2.03. The number of para-hydroxylation sites is 1. The minimum atomic E-state index is 0.974. The van der Waals surface area contributed by atoms with Crippen LogP contribution in [0.2, 0.25) is 0 Å². The van der Waals surface area contributed by atoms with Crippen LogP contribution in [0.5, 0.6) is 0 Å². The van der Waals surface area contributed by atoms with Crippen LogP contribution in [0.3, 0.4) is 0 Å². The Morgan fingerprint density at radius 3 is 1.80 bits per heavy atom. The first kappa shape index (κ1) is 15.3. The summed E-state index contributed by atoms with van der Waals surface area (Å²) in [6, 6.07) is 23.6. The molecule has 20 heavy (non-hydrogen) atoms. The number of nitriles is 2. The number of nitrogens with zero attached hydrogens (tertiary/aromatic N) is 3. The third kappa shape index (κ3) is 5.25. The van der Waals surface area contributed by atoms with E-state index in [0.717, 1.165) is 13.1 Å². The van der Waals surface area contributed by atoms with E-state index in [4.69, 9.17) is 10.5 Å². The van der Waals surface area contributed by atoms with Gasteiger partial charge >= 0.3 is 0 Å². The van der Waals surface area contributed by atoms with Gasteiger partial charge < -0.3 is 4.90 Å². The zero-order valence-corrected chi connectivity index (χ0v) is 11.5. The molecule has 0 fully saturated rings. The van der Waals surface area contributed by atoms with Crippen LogP contribution in [0.4, 0.5) is 5.69 Å². The van der Waals surface area contributed by atoms with Gasteiger partial charge in [0.15, 0.2) is 12.1 Å². The molecule has 0 aliphatic carbocycles. The second-order valence-electron chi connectivity index (χ2n) is 4.06. The summed E-state index contributed by atoms with van der Waals surface area (Å²) in [4.78, 5) is 2.37. The number of hydrogen-bond donors (Lipinski definition) is 0. The summed E-state index contributed by atoms with van der Waals surface area (Å²) in [5.41, 5.74) is 2.64. The first-order chi connectivity index (χ1) is 9.81. The van der Waals surface area contributed by atoms with Crippen LogP contribution >= 0.6 is 0 Å². The summed E-state index contributed by atoms with van der Waals surface area (Å²) in [5, 5.41) is 14.5. The number of anilines is 1. The molecule has 0 heterocycles. The van der Waals surface area contributed by atoms with Crippen LogP contribution in [-0.4, -0.2) is 6.54 Å². The molecule has 0 radical (unpaired) electrons. The van der Waals surface area contributed by atoms with Gasteiger partial charge in [-0.15, -0.1) is 0 Å². The Labute approximate surface area is 120 Å². The Bertz CT molecular complexity index is 553. The predicted octanol–water partition coefficient (Wildman–Crippen LogP) is 3.75. The van der Waals surface area contributed by atoms with Gasteiger partial charge in [0, 0.05) is 18.8 Å². The topological polar surface area (TPSA) is 50.8 Å². The second kappa shape index (κ2) is 9.19. The second-order valence-corrected chi connectivity index (χ2v) is 4.06. The lowest BCUT2D eigenvalue weighted by atomic mass is 10.2. The molecule has 100 valence electrons. The third-order valence-corrected chi connectivity index (χ3v) is 2.77. The van der Waals surface area contributed by atoms with E-state index in [1.54, 1.807) is 0 Å². The normalized spacial score (nSPS) is 8.55. The molecule has 0 aromatic heterocycles. The van der Waals surface area contributed by atoms with E-state index < -0.39 is 0 Å². The van der Waals surface area contributed by atoms with Crippen molar-refractivity contribution >= 4 is 5.69 Å². The van der Waals surface area contributed by atoms with E-state index >= 15 is 0 Å². The van der Waals surface area contributed by atoms with Gasteiger partial charge in [-0.1, -0.05) is 48.5 Å². The Morgan fingerprint density at radius 2 is 1.35 bits per heavy atom. The van der Waals surface area contributed by atoms with Gasteiger partial charge in [-0.05, 0) is 24.6 Å². The molecule has 0 aliphatic rings. The maximum absolute atomic E-state index is 7.26. The molecule has 0 bridgehead atoms. The van der Waals surface area contributed by atoms with E-state index in [1.807, 2.05) is 0 Å². The third-order valence-electron chi connectivity index (χ3n) is 2.77. The molecule has 0 aliphatic heterocycles. The molecule has 0 atom stereocenters. The van der Waals surface area contributed by atoms with Crippen molar-refractivity contribution in [1.82, 2.24) is 0 Å². The molecule has 2 aromatic carbocycles. The van der Waals surface area contributed by atoms with E-state index in [9.17, 15) is 0 Å². The van der Waals surface area contributed by atoms with Crippen molar-refractivity contribution in [2.24, 2.45) is 0 Å². The maximum atomic E-state index is 7.26. The average molecular weight is 263 g/mol. The first-order valence-corrected chi connectivity index (χ1v) is 6.44. The lowest BCUT2D eigenvalue weighted by Gasteiger charge is -2.23. The van der Waals surface area contributed by atoms with Crippen LogP contribution < -0.4 is 4.90 Å². The lowest BCUT2D eigenvalue weighted by molar-refractivity contribution is 0.832.